The van der Waals surface area contributed by atoms with E-state index in [2.05, 4.69) is 19.2 Å². The largest absolute Gasteiger partial charge is 0.316 e. The van der Waals surface area contributed by atoms with E-state index in [1.165, 1.54) is 90.1 Å². The van der Waals surface area contributed by atoms with Crippen LogP contribution in [0.25, 0.3) is 0 Å². The monoisotopic (exact) mass is 267 g/mol. The third kappa shape index (κ3) is 7.97. The maximum atomic E-state index is 3.67. The molecule has 0 aromatic rings. The molecule has 0 aromatic heterocycles. The molecule has 0 heterocycles. The lowest BCUT2D eigenvalue weighted by Gasteiger charge is -2.24. The zero-order valence-corrected chi connectivity index (χ0v) is 13.6. The van der Waals surface area contributed by atoms with Crippen molar-refractivity contribution in [3.63, 3.8) is 0 Å². The van der Waals surface area contributed by atoms with Gasteiger partial charge in [0, 0.05) is 0 Å². The summed E-state index contributed by atoms with van der Waals surface area (Å²) in [7, 11) is 0. The molecule has 19 heavy (non-hydrogen) atoms. The van der Waals surface area contributed by atoms with Crippen molar-refractivity contribution in [1.82, 2.24) is 5.32 Å². The number of unbranched alkanes of at least 4 members (excludes halogenated alkanes) is 5. The van der Waals surface area contributed by atoms with Gasteiger partial charge in [0.25, 0.3) is 0 Å². The standard InChI is InChI=1S/C18H37N/c1-3-5-6-7-8-9-14-18(16-19-15-4-2)17-12-10-11-13-17/h17-19H,3-16H2,1-2H3. The highest BCUT2D eigenvalue weighted by molar-refractivity contribution is 4.77. The predicted molar refractivity (Wildman–Crippen MR) is 86.6 cm³/mol. The summed E-state index contributed by atoms with van der Waals surface area (Å²) in [6.45, 7) is 7.06. The van der Waals surface area contributed by atoms with Gasteiger partial charge in [-0.15, -0.1) is 0 Å². The zero-order chi connectivity index (χ0) is 13.8. The van der Waals surface area contributed by atoms with Crippen LogP contribution in [0.15, 0.2) is 0 Å². The number of rotatable bonds is 12. The summed E-state index contributed by atoms with van der Waals surface area (Å²) >= 11 is 0. The minimum absolute atomic E-state index is 0.972. The van der Waals surface area contributed by atoms with Crippen molar-refractivity contribution in [2.24, 2.45) is 11.8 Å². The first-order valence-corrected chi connectivity index (χ1v) is 9.09. The maximum absolute atomic E-state index is 3.67. The van der Waals surface area contributed by atoms with Crippen molar-refractivity contribution >= 4 is 0 Å². The van der Waals surface area contributed by atoms with Crippen molar-refractivity contribution in [1.29, 1.82) is 0 Å². The quantitative estimate of drug-likeness (QED) is 0.458. The van der Waals surface area contributed by atoms with Crippen LogP contribution in [-0.2, 0) is 0 Å². The molecule has 1 aliphatic carbocycles. The molecule has 1 atom stereocenters. The van der Waals surface area contributed by atoms with E-state index in [9.17, 15) is 0 Å². The molecular formula is C18H37N. The number of hydrogen-bond donors (Lipinski definition) is 1. The van der Waals surface area contributed by atoms with Gasteiger partial charge in [0.05, 0.1) is 0 Å². The van der Waals surface area contributed by atoms with Gasteiger partial charge in [0.1, 0.15) is 0 Å². The van der Waals surface area contributed by atoms with Crippen LogP contribution >= 0.6 is 0 Å². The van der Waals surface area contributed by atoms with E-state index in [-0.39, 0.29) is 0 Å². The maximum Gasteiger partial charge on any atom is -0.00179 e. The summed E-state index contributed by atoms with van der Waals surface area (Å²) in [5, 5.41) is 3.67. The summed E-state index contributed by atoms with van der Waals surface area (Å²) in [5.74, 6) is 2.01. The average Bonchev–Trinajstić information content (AvgIpc) is 2.94. The normalized spacial score (nSPS) is 18.0. The molecule has 1 heteroatoms. The Morgan fingerprint density at radius 1 is 0.895 bits per heavy atom. The van der Waals surface area contributed by atoms with Crippen LogP contribution in [0.1, 0.15) is 90.9 Å². The fraction of sp³-hybridized carbons (Fsp3) is 1.00. The second-order valence-electron chi connectivity index (χ2n) is 6.57. The number of nitrogens with one attached hydrogen (secondary N) is 1. The molecule has 0 amide bonds. The molecule has 1 unspecified atom stereocenters. The fourth-order valence-electron chi connectivity index (χ4n) is 3.58. The van der Waals surface area contributed by atoms with E-state index in [4.69, 9.17) is 0 Å². The van der Waals surface area contributed by atoms with Gasteiger partial charge in [-0.1, -0.05) is 78.1 Å². The summed E-state index contributed by atoms with van der Waals surface area (Å²) in [5.41, 5.74) is 0. The molecule has 0 spiro atoms. The molecule has 1 rings (SSSR count). The summed E-state index contributed by atoms with van der Waals surface area (Å²) in [6, 6.07) is 0. The summed E-state index contributed by atoms with van der Waals surface area (Å²) in [6.07, 6.45) is 17.4. The first-order valence-electron chi connectivity index (χ1n) is 9.09. The van der Waals surface area contributed by atoms with Gasteiger partial charge in [-0.2, -0.15) is 0 Å². The number of hydrogen-bond acceptors (Lipinski definition) is 1. The van der Waals surface area contributed by atoms with Gasteiger partial charge >= 0.3 is 0 Å². The molecule has 0 bridgehead atoms. The second kappa shape index (κ2) is 11.8. The molecule has 0 aromatic carbocycles. The van der Waals surface area contributed by atoms with Crippen LogP contribution in [0, 0.1) is 11.8 Å². The summed E-state index contributed by atoms with van der Waals surface area (Å²) in [4.78, 5) is 0. The second-order valence-corrected chi connectivity index (χ2v) is 6.57. The molecule has 1 nitrogen and oxygen atoms in total. The lowest BCUT2D eigenvalue weighted by Crippen LogP contribution is -2.28. The van der Waals surface area contributed by atoms with Gasteiger partial charge in [-0.3, -0.25) is 0 Å². The first kappa shape index (κ1) is 17.0. The lowest BCUT2D eigenvalue weighted by molar-refractivity contribution is 0.295. The van der Waals surface area contributed by atoms with Crippen LogP contribution in [-0.4, -0.2) is 13.1 Å². The van der Waals surface area contributed by atoms with Crippen molar-refractivity contribution in [2.75, 3.05) is 13.1 Å². The topological polar surface area (TPSA) is 12.0 Å². The van der Waals surface area contributed by atoms with Crippen LogP contribution in [0.3, 0.4) is 0 Å². The predicted octanol–water partition coefficient (Wildman–Crippen LogP) is 5.54. The third-order valence-corrected chi connectivity index (χ3v) is 4.83. The molecular weight excluding hydrogens is 230 g/mol. The van der Waals surface area contributed by atoms with E-state index >= 15 is 0 Å². The van der Waals surface area contributed by atoms with Gasteiger partial charge < -0.3 is 5.32 Å². The highest BCUT2D eigenvalue weighted by Crippen LogP contribution is 2.33. The Bertz CT molecular complexity index is 184. The Morgan fingerprint density at radius 2 is 1.58 bits per heavy atom. The van der Waals surface area contributed by atoms with Crippen molar-refractivity contribution in [3.05, 3.63) is 0 Å². The molecule has 1 fully saturated rings. The Kier molecular flexibility index (Phi) is 10.5. The highest BCUT2D eigenvalue weighted by atomic mass is 14.9. The van der Waals surface area contributed by atoms with Gasteiger partial charge in [0.2, 0.25) is 0 Å². The molecule has 0 radical (unpaired) electrons. The van der Waals surface area contributed by atoms with E-state index in [1.54, 1.807) is 0 Å². The minimum atomic E-state index is 0.972. The van der Waals surface area contributed by atoms with E-state index in [0.29, 0.717) is 0 Å². The van der Waals surface area contributed by atoms with Gasteiger partial charge in [-0.25, -0.2) is 0 Å². The van der Waals surface area contributed by atoms with Crippen molar-refractivity contribution < 1.29 is 0 Å². The van der Waals surface area contributed by atoms with Crippen LogP contribution in [0.4, 0.5) is 0 Å². The SMILES string of the molecule is CCCCCCCCC(CNCCC)C1CCCC1. The van der Waals surface area contributed by atoms with E-state index in [1.807, 2.05) is 0 Å². The fourth-order valence-corrected chi connectivity index (χ4v) is 3.58. The lowest BCUT2D eigenvalue weighted by atomic mass is 9.86. The Morgan fingerprint density at radius 3 is 2.26 bits per heavy atom. The summed E-state index contributed by atoms with van der Waals surface area (Å²) < 4.78 is 0. The Hall–Kier alpha value is -0.0400. The van der Waals surface area contributed by atoms with Gasteiger partial charge in [-0.05, 0) is 37.8 Å². The van der Waals surface area contributed by atoms with Crippen LogP contribution in [0.5, 0.6) is 0 Å². The molecule has 0 saturated heterocycles. The highest BCUT2D eigenvalue weighted by Gasteiger charge is 2.24. The average molecular weight is 268 g/mol. The Labute approximate surface area is 121 Å². The van der Waals surface area contributed by atoms with Crippen molar-refractivity contribution in [3.8, 4) is 0 Å². The molecule has 114 valence electrons. The first-order chi connectivity index (χ1) is 9.38. The van der Waals surface area contributed by atoms with Crippen LogP contribution in [0.2, 0.25) is 0 Å². The zero-order valence-electron chi connectivity index (χ0n) is 13.6. The molecule has 1 saturated carbocycles. The van der Waals surface area contributed by atoms with Crippen LogP contribution < -0.4 is 5.32 Å². The van der Waals surface area contributed by atoms with E-state index < -0.39 is 0 Å². The molecule has 0 aliphatic heterocycles. The Balaban J connectivity index is 2.12. The minimum Gasteiger partial charge on any atom is -0.316 e. The van der Waals surface area contributed by atoms with Crippen molar-refractivity contribution in [2.45, 2.75) is 90.9 Å². The molecule has 1 N–H and O–H groups in total. The van der Waals surface area contributed by atoms with E-state index in [0.717, 1.165) is 11.8 Å². The molecule has 1 aliphatic rings. The third-order valence-electron chi connectivity index (χ3n) is 4.83. The van der Waals surface area contributed by atoms with Gasteiger partial charge in [0.15, 0.2) is 0 Å². The smallest absolute Gasteiger partial charge is 0.00179 e.